The number of aryl methyl sites for hydroxylation is 1. The van der Waals surface area contributed by atoms with Crippen LogP contribution in [-0.4, -0.2) is 79.7 Å². The second-order valence-corrected chi connectivity index (χ2v) is 11.2. The molecule has 1 aliphatic rings. The molecule has 0 amide bonds. The number of hydrogen-bond donors (Lipinski definition) is 1. The average Bonchev–Trinajstić information content (AvgIpc) is 3.41. The maximum atomic E-state index is 13.6. The van der Waals surface area contributed by atoms with E-state index in [-0.39, 0.29) is 23.1 Å². The second-order valence-electron chi connectivity index (χ2n) is 11.2. The molecule has 4 rings (SSSR count). The van der Waals surface area contributed by atoms with Crippen LogP contribution >= 0.6 is 0 Å². The smallest absolute Gasteiger partial charge is 0.416 e. The van der Waals surface area contributed by atoms with Gasteiger partial charge in [-0.25, -0.2) is 19.3 Å². The number of rotatable bonds is 12. The molecule has 1 aliphatic heterocycles. The van der Waals surface area contributed by atoms with Gasteiger partial charge in [0.2, 0.25) is 5.95 Å². The quantitative estimate of drug-likeness (QED) is 0.134. The number of carboxylic acid groups (broad SMARTS) is 1. The van der Waals surface area contributed by atoms with Crippen LogP contribution in [0.25, 0.3) is 0 Å². The van der Waals surface area contributed by atoms with E-state index < -0.39 is 29.9 Å². The standard InChI is InChI=1S/C31H33F3N6O4.CH2O2/c1-40(2,15-7-17-43-3)14-6-8-22-18-21(20-35)11-12-25(22)27-28(44-4)26(13-16-41)38(29-36-37-30(42)39(27)29)24-10-5-9-23(19-24)31(32,33)34;2-1-3/h5,9-13,18-19,27H,6-8,14-15,17H2,1-4H3;1H,(H,2,3)/t27-;/m1./s1. The summed E-state index contributed by atoms with van der Waals surface area (Å²) in [7, 11) is 7.29. The molecule has 1 aromatic heterocycles. The molecule has 250 valence electrons. The normalized spacial score (nSPS) is 14.3. The zero-order valence-corrected chi connectivity index (χ0v) is 26.3. The molecule has 0 radical (unpaired) electrons. The first kappa shape index (κ1) is 36.3. The number of aromatic nitrogens is 3. The van der Waals surface area contributed by atoms with Gasteiger partial charge in [0.1, 0.15) is 23.4 Å². The van der Waals surface area contributed by atoms with Crippen molar-refractivity contribution in [1.29, 1.82) is 5.26 Å². The number of carbonyl (C=O) groups excluding carboxylic acids is 2. The van der Waals surface area contributed by atoms with Crippen molar-refractivity contribution in [3.63, 3.8) is 0 Å². The minimum Gasteiger partial charge on any atom is -0.554 e. The minimum atomic E-state index is -4.64. The number of carbonyl (C=O) groups is 1. The van der Waals surface area contributed by atoms with Crippen molar-refractivity contribution in [3.05, 3.63) is 92.7 Å². The summed E-state index contributed by atoms with van der Waals surface area (Å²) >= 11 is 0. The van der Waals surface area contributed by atoms with Gasteiger partial charge in [-0.1, -0.05) is 12.1 Å². The van der Waals surface area contributed by atoms with Crippen LogP contribution in [0.15, 0.2) is 64.8 Å². The SMILES string of the molecule is COCCC[N+](C)(C)CCCc1cc(C#N)ccc1[C@@H]1C(OC)=C(C=C=O)N(c2cccc(C(F)(F)F)c2)c2n[nH]c(=O)n21.O=C[O-]. The van der Waals surface area contributed by atoms with Gasteiger partial charge < -0.3 is 23.9 Å². The zero-order valence-electron chi connectivity index (χ0n) is 26.3. The van der Waals surface area contributed by atoms with Gasteiger partial charge in [-0.05, 0) is 47.9 Å². The molecule has 0 unspecified atom stereocenters. The van der Waals surface area contributed by atoms with E-state index in [1.807, 2.05) is 0 Å². The number of halogens is 3. The largest absolute Gasteiger partial charge is 0.554 e. The third-order valence-corrected chi connectivity index (χ3v) is 7.62. The van der Waals surface area contributed by atoms with Crippen LogP contribution in [0.2, 0.25) is 0 Å². The van der Waals surface area contributed by atoms with E-state index in [0.717, 1.165) is 54.2 Å². The Morgan fingerprint density at radius 1 is 1.15 bits per heavy atom. The number of H-pyrrole nitrogens is 1. The van der Waals surface area contributed by atoms with Crippen molar-refractivity contribution in [2.75, 3.05) is 52.9 Å². The molecule has 0 bridgehead atoms. The predicted molar refractivity (Wildman–Crippen MR) is 163 cm³/mol. The number of fused-ring (bicyclic) bond motifs is 1. The molecule has 0 aliphatic carbocycles. The first-order valence-corrected chi connectivity index (χ1v) is 14.4. The number of nitrogens with one attached hydrogen (secondary N) is 1. The lowest BCUT2D eigenvalue weighted by Gasteiger charge is -2.36. The number of benzene rings is 2. The molecule has 1 N–H and O–H groups in total. The van der Waals surface area contributed by atoms with Gasteiger partial charge in [-0.15, -0.1) is 5.10 Å². The van der Waals surface area contributed by atoms with Gasteiger partial charge in [0.25, 0.3) is 0 Å². The van der Waals surface area contributed by atoms with Crippen molar-refractivity contribution in [3.8, 4) is 6.07 Å². The van der Waals surface area contributed by atoms with Gasteiger partial charge in [-0.3, -0.25) is 4.90 Å². The van der Waals surface area contributed by atoms with Crippen LogP contribution in [0.5, 0.6) is 0 Å². The van der Waals surface area contributed by atoms with Crippen molar-refractivity contribution in [2.45, 2.75) is 31.5 Å². The number of hydrogen-bond acceptors (Lipinski definition) is 9. The van der Waals surface area contributed by atoms with E-state index in [0.29, 0.717) is 24.2 Å². The highest BCUT2D eigenvalue weighted by Gasteiger charge is 2.40. The topological polar surface area (TPSA) is 153 Å². The van der Waals surface area contributed by atoms with Gasteiger partial charge in [0.05, 0.1) is 58.1 Å². The zero-order chi connectivity index (χ0) is 34.8. The number of allylic oxidation sites excluding steroid dienone is 2. The highest BCUT2D eigenvalue weighted by atomic mass is 19.4. The Balaban J connectivity index is 0.00000192. The number of methoxy groups -OCH3 is 2. The maximum absolute atomic E-state index is 13.6. The molecule has 3 aromatic rings. The Morgan fingerprint density at radius 2 is 1.85 bits per heavy atom. The minimum absolute atomic E-state index is 0.00287. The fourth-order valence-corrected chi connectivity index (χ4v) is 5.53. The lowest BCUT2D eigenvalue weighted by atomic mass is 9.92. The fraction of sp³-hybridized carbons (Fsp3) is 0.375. The number of aromatic amines is 1. The van der Waals surface area contributed by atoms with Crippen LogP contribution < -0.4 is 15.7 Å². The Bertz CT molecular complexity index is 1730. The fourth-order valence-electron chi connectivity index (χ4n) is 5.53. The van der Waals surface area contributed by atoms with Crippen molar-refractivity contribution in [2.24, 2.45) is 0 Å². The Hall–Kier alpha value is -5.16. The van der Waals surface area contributed by atoms with Crippen molar-refractivity contribution >= 4 is 24.0 Å². The molecule has 2 aromatic carbocycles. The Labute approximate surface area is 269 Å². The molecule has 12 nitrogen and oxygen atoms in total. The average molecular weight is 657 g/mol. The third-order valence-electron chi connectivity index (χ3n) is 7.62. The molecule has 0 spiro atoms. The molecule has 0 saturated carbocycles. The molecule has 0 fully saturated rings. The molecule has 47 heavy (non-hydrogen) atoms. The van der Waals surface area contributed by atoms with Crippen LogP contribution in [0.1, 0.15) is 41.1 Å². The number of nitrogens with zero attached hydrogens (tertiary/aromatic N) is 5. The highest BCUT2D eigenvalue weighted by Crippen LogP contribution is 2.44. The second kappa shape index (κ2) is 15.9. The lowest BCUT2D eigenvalue weighted by molar-refractivity contribution is -0.890. The predicted octanol–water partition coefficient (Wildman–Crippen LogP) is 2.86. The molecule has 15 heteroatoms. The summed E-state index contributed by atoms with van der Waals surface area (Å²) in [6.45, 7) is 1.91. The number of quaternary nitrogens is 1. The van der Waals surface area contributed by atoms with Gasteiger partial charge in [-0.2, -0.15) is 18.4 Å². The van der Waals surface area contributed by atoms with E-state index in [1.165, 1.54) is 28.7 Å². The summed E-state index contributed by atoms with van der Waals surface area (Å²) in [5, 5.41) is 24.4. The van der Waals surface area contributed by atoms with Gasteiger partial charge >= 0.3 is 11.9 Å². The summed E-state index contributed by atoms with van der Waals surface area (Å²) < 4.78 is 53.9. The van der Waals surface area contributed by atoms with E-state index in [4.69, 9.17) is 19.4 Å². The van der Waals surface area contributed by atoms with Crippen LogP contribution in [0, 0.1) is 11.3 Å². The molecule has 1 atom stereocenters. The van der Waals surface area contributed by atoms with Crippen molar-refractivity contribution in [1.82, 2.24) is 14.8 Å². The highest BCUT2D eigenvalue weighted by molar-refractivity contribution is 5.72. The number of anilines is 2. The summed E-state index contributed by atoms with van der Waals surface area (Å²) in [5.41, 5.74) is 0.324. The van der Waals surface area contributed by atoms with Crippen LogP contribution in [0.4, 0.5) is 24.8 Å². The van der Waals surface area contributed by atoms with Gasteiger partial charge in [0, 0.05) is 38.2 Å². The van der Waals surface area contributed by atoms with Crippen LogP contribution in [0.3, 0.4) is 0 Å². The van der Waals surface area contributed by atoms with E-state index in [2.05, 4.69) is 30.4 Å². The Kier molecular flexibility index (Phi) is 12.3. The lowest BCUT2D eigenvalue weighted by Crippen LogP contribution is -2.41. The Morgan fingerprint density at radius 3 is 2.47 bits per heavy atom. The maximum Gasteiger partial charge on any atom is 0.416 e. The van der Waals surface area contributed by atoms with Gasteiger partial charge in [0.15, 0.2) is 0 Å². The van der Waals surface area contributed by atoms with Crippen molar-refractivity contribution < 1.29 is 41.8 Å². The third kappa shape index (κ3) is 8.56. The summed E-state index contributed by atoms with van der Waals surface area (Å²) in [5.74, 6) is 1.77. The molecular formula is C32H35F3N6O6. The summed E-state index contributed by atoms with van der Waals surface area (Å²) in [4.78, 5) is 34.5. The molecular weight excluding hydrogens is 621 g/mol. The monoisotopic (exact) mass is 656 g/mol. The van der Waals surface area contributed by atoms with E-state index in [9.17, 15) is 28.0 Å². The first-order valence-electron chi connectivity index (χ1n) is 14.4. The number of nitriles is 1. The summed E-state index contributed by atoms with van der Waals surface area (Å²) in [6, 6.07) is 10.8. The number of alkyl halides is 3. The van der Waals surface area contributed by atoms with E-state index >= 15 is 0 Å². The molecule has 2 heterocycles. The number of ether oxygens (including phenoxy) is 2. The molecule has 0 saturated heterocycles. The summed E-state index contributed by atoms with van der Waals surface area (Å²) in [6.07, 6.45) is -1.38. The van der Waals surface area contributed by atoms with E-state index in [1.54, 1.807) is 31.3 Å². The first-order chi connectivity index (χ1) is 22.4. The van der Waals surface area contributed by atoms with Crippen LogP contribution in [-0.2, 0) is 31.7 Å².